The number of nitrogens with zero attached hydrogens (tertiary/aromatic N) is 5. The molecular formula is C25H23N7O2. The molecule has 0 saturated heterocycles. The maximum Gasteiger partial charge on any atom is 0.337 e. The van der Waals surface area contributed by atoms with Gasteiger partial charge in [-0.3, -0.25) is 0 Å². The molecule has 2 heterocycles. The van der Waals surface area contributed by atoms with Crippen molar-refractivity contribution in [2.24, 2.45) is 0 Å². The van der Waals surface area contributed by atoms with Crippen LogP contribution in [-0.2, 0) is 13.0 Å². The molecule has 0 unspecified atom stereocenters. The Morgan fingerprint density at radius 2 is 1.82 bits per heavy atom. The molecule has 0 aliphatic carbocycles. The van der Waals surface area contributed by atoms with E-state index in [2.05, 4.69) is 27.5 Å². The van der Waals surface area contributed by atoms with Gasteiger partial charge in [0.15, 0.2) is 5.82 Å². The van der Waals surface area contributed by atoms with Crippen LogP contribution >= 0.6 is 0 Å². The van der Waals surface area contributed by atoms with E-state index in [0.29, 0.717) is 29.1 Å². The Bertz CT molecular complexity index is 1470. The van der Waals surface area contributed by atoms with Crippen LogP contribution in [0.4, 0.5) is 5.69 Å². The Kier molecular flexibility index (Phi) is 5.51. The number of aromatic nitrogens is 6. The summed E-state index contributed by atoms with van der Waals surface area (Å²) in [4.78, 5) is 16.6. The van der Waals surface area contributed by atoms with Crippen molar-refractivity contribution in [1.82, 2.24) is 30.2 Å². The van der Waals surface area contributed by atoms with Gasteiger partial charge in [0.25, 0.3) is 0 Å². The molecule has 34 heavy (non-hydrogen) atoms. The number of H-pyrrole nitrogens is 1. The number of carboxylic acids is 1. The van der Waals surface area contributed by atoms with Crippen molar-refractivity contribution in [3.8, 4) is 22.5 Å². The zero-order valence-electron chi connectivity index (χ0n) is 18.6. The number of aromatic carboxylic acids is 1. The van der Waals surface area contributed by atoms with Crippen molar-refractivity contribution < 1.29 is 9.90 Å². The minimum absolute atomic E-state index is 0.199. The van der Waals surface area contributed by atoms with Gasteiger partial charge in [-0.15, -0.1) is 5.10 Å². The SMILES string of the molecule is CCCc1nc2c(N)ccc(C(=O)O)c2n1Cc1ccc(-c2ccccc2-c2nnn[nH]2)cc1. The number of carbonyl (C=O) groups is 1. The van der Waals surface area contributed by atoms with Crippen molar-refractivity contribution in [3.63, 3.8) is 0 Å². The molecule has 0 fully saturated rings. The highest BCUT2D eigenvalue weighted by molar-refractivity contribution is 6.04. The number of anilines is 1. The molecule has 0 saturated carbocycles. The summed E-state index contributed by atoms with van der Waals surface area (Å²) >= 11 is 0. The Morgan fingerprint density at radius 3 is 2.50 bits per heavy atom. The molecule has 0 spiro atoms. The van der Waals surface area contributed by atoms with Crippen LogP contribution in [0.15, 0.2) is 60.7 Å². The summed E-state index contributed by atoms with van der Waals surface area (Å²) in [5.74, 6) is 0.431. The van der Waals surface area contributed by atoms with Gasteiger partial charge in [0.05, 0.1) is 16.8 Å². The Labute approximate surface area is 195 Å². The van der Waals surface area contributed by atoms with Crippen LogP contribution in [0.2, 0.25) is 0 Å². The van der Waals surface area contributed by atoms with Crippen molar-refractivity contribution in [2.45, 2.75) is 26.3 Å². The lowest BCUT2D eigenvalue weighted by Gasteiger charge is -2.12. The summed E-state index contributed by atoms with van der Waals surface area (Å²) in [5.41, 5.74) is 11.9. The molecule has 170 valence electrons. The molecule has 0 bridgehead atoms. The number of tetrazole rings is 1. The first kappa shape index (κ1) is 21.3. The largest absolute Gasteiger partial charge is 0.478 e. The number of carboxylic acid groups (broad SMARTS) is 1. The van der Waals surface area contributed by atoms with Crippen LogP contribution in [-0.4, -0.2) is 41.3 Å². The number of hydrogen-bond acceptors (Lipinski definition) is 6. The second kappa shape index (κ2) is 8.78. The zero-order chi connectivity index (χ0) is 23.7. The van der Waals surface area contributed by atoms with Crippen molar-refractivity contribution in [3.05, 3.63) is 77.6 Å². The number of fused-ring (bicyclic) bond motifs is 1. The summed E-state index contributed by atoms with van der Waals surface area (Å²) < 4.78 is 1.97. The zero-order valence-corrected chi connectivity index (χ0v) is 18.6. The molecule has 5 rings (SSSR count). The lowest BCUT2D eigenvalue weighted by molar-refractivity contribution is 0.0698. The van der Waals surface area contributed by atoms with E-state index in [-0.39, 0.29) is 5.56 Å². The highest BCUT2D eigenvalue weighted by Gasteiger charge is 2.20. The van der Waals surface area contributed by atoms with Gasteiger partial charge in [-0.1, -0.05) is 55.5 Å². The van der Waals surface area contributed by atoms with Gasteiger partial charge in [-0.05, 0) is 45.7 Å². The Balaban J connectivity index is 1.55. The average Bonchev–Trinajstić information content (AvgIpc) is 3.50. The second-order valence-corrected chi connectivity index (χ2v) is 8.06. The molecular weight excluding hydrogens is 430 g/mol. The minimum Gasteiger partial charge on any atom is -0.478 e. The summed E-state index contributed by atoms with van der Waals surface area (Å²) in [6.07, 6.45) is 1.61. The van der Waals surface area contributed by atoms with Gasteiger partial charge < -0.3 is 15.4 Å². The standard InChI is InChI=1S/C25H23N7O2/c1-2-5-21-27-22-20(26)13-12-19(25(33)34)23(22)32(21)14-15-8-10-16(11-9-15)17-6-3-4-7-18(17)24-28-30-31-29-24/h3-4,6-13H,2,5,14,26H2,1H3,(H,33,34)(H,28,29,30,31). The Morgan fingerprint density at radius 1 is 1.06 bits per heavy atom. The number of nitrogens with one attached hydrogen (secondary N) is 1. The predicted octanol–water partition coefficient (Wildman–Crippen LogP) is 4.16. The summed E-state index contributed by atoms with van der Waals surface area (Å²) in [5, 5.41) is 24.0. The molecule has 0 aliphatic rings. The average molecular weight is 454 g/mol. The molecule has 0 aliphatic heterocycles. The lowest BCUT2D eigenvalue weighted by Crippen LogP contribution is -2.08. The van der Waals surface area contributed by atoms with Gasteiger partial charge in [-0.25, -0.2) is 14.9 Å². The fraction of sp³-hybridized carbons (Fsp3) is 0.160. The molecule has 5 aromatic rings. The minimum atomic E-state index is -0.997. The normalized spacial score (nSPS) is 11.2. The second-order valence-electron chi connectivity index (χ2n) is 8.06. The highest BCUT2D eigenvalue weighted by atomic mass is 16.4. The summed E-state index contributed by atoms with van der Waals surface area (Å²) in [6, 6.07) is 19.2. The van der Waals surface area contributed by atoms with E-state index in [1.807, 2.05) is 53.1 Å². The van der Waals surface area contributed by atoms with E-state index in [9.17, 15) is 9.90 Å². The first-order chi connectivity index (χ1) is 16.6. The maximum atomic E-state index is 11.9. The molecule has 9 heteroatoms. The van der Waals surface area contributed by atoms with Crippen molar-refractivity contribution in [2.75, 3.05) is 5.73 Å². The fourth-order valence-corrected chi connectivity index (χ4v) is 4.25. The molecule has 4 N–H and O–H groups in total. The van der Waals surface area contributed by atoms with Gasteiger partial charge >= 0.3 is 5.97 Å². The van der Waals surface area contributed by atoms with Crippen LogP contribution in [0.3, 0.4) is 0 Å². The van der Waals surface area contributed by atoms with Gasteiger partial charge in [0.2, 0.25) is 0 Å². The topological polar surface area (TPSA) is 136 Å². The number of benzene rings is 3. The third kappa shape index (κ3) is 3.77. The summed E-state index contributed by atoms with van der Waals surface area (Å²) in [6.45, 7) is 2.56. The third-order valence-corrected chi connectivity index (χ3v) is 5.84. The van der Waals surface area contributed by atoms with Crippen molar-refractivity contribution in [1.29, 1.82) is 0 Å². The summed E-state index contributed by atoms with van der Waals surface area (Å²) in [7, 11) is 0. The van der Waals surface area contributed by atoms with Gasteiger partial charge in [0, 0.05) is 18.5 Å². The number of nitrogens with two attached hydrogens (primary N) is 1. The molecule has 0 radical (unpaired) electrons. The quantitative estimate of drug-likeness (QED) is 0.315. The number of rotatable bonds is 7. The van der Waals surface area contributed by atoms with Crippen LogP contribution in [0.1, 0.15) is 35.1 Å². The molecule has 9 nitrogen and oxygen atoms in total. The first-order valence-electron chi connectivity index (χ1n) is 11.0. The van der Waals surface area contributed by atoms with E-state index >= 15 is 0 Å². The van der Waals surface area contributed by atoms with Gasteiger partial charge in [0.1, 0.15) is 11.3 Å². The lowest BCUT2D eigenvalue weighted by atomic mass is 9.98. The fourth-order valence-electron chi connectivity index (χ4n) is 4.25. The molecule has 0 amide bonds. The number of nitrogen functional groups attached to an aromatic ring is 1. The first-order valence-corrected chi connectivity index (χ1v) is 11.0. The van der Waals surface area contributed by atoms with E-state index in [4.69, 9.17) is 10.7 Å². The number of imidazole rings is 1. The van der Waals surface area contributed by atoms with E-state index in [0.717, 1.165) is 40.9 Å². The van der Waals surface area contributed by atoms with E-state index in [1.165, 1.54) is 0 Å². The van der Waals surface area contributed by atoms with Crippen LogP contribution in [0, 0.1) is 0 Å². The van der Waals surface area contributed by atoms with Crippen LogP contribution in [0.25, 0.3) is 33.5 Å². The predicted molar refractivity (Wildman–Crippen MR) is 129 cm³/mol. The monoisotopic (exact) mass is 453 g/mol. The maximum absolute atomic E-state index is 11.9. The van der Waals surface area contributed by atoms with Crippen LogP contribution < -0.4 is 5.73 Å². The Hall–Kier alpha value is -4.53. The number of aryl methyl sites for hydroxylation is 1. The highest BCUT2D eigenvalue weighted by Crippen LogP contribution is 2.31. The van der Waals surface area contributed by atoms with Gasteiger partial charge in [-0.2, -0.15) is 0 Å². The third-order valence-electron chi connectivity index (χ3n) is 5.84. The van der Waals surface area contributed by atoms with Crippen LogP contribution in [0.5, 0.6) is 0 Å². The number of hydrogen-bond donors (Lipinski definition) is 3. The van der Waals surface area contributed by atoms with E-state index < -0.39 is 5.97 Å². The van der Waals surface area contributed by atoms with Crippen molar-refractivity contribution >= 4 is 22.7 Å². The molecule has 3 aromatic carbocycles. The molecule has 2 aromatic heterocycles. The number of aromatic amines is 1. The molecule has 0 atom stereocenters. The smallest absolute Gasteiger partial charge is 0.337 e. The van der Waals surface area contributed by atoms with E-state index in [1.54, 1.807) is 12.1 Å².